The van der Waals surface area contributed by atoms with E-state index in [9.17, 15) is 4.79 Å². The molecule has 1 atom stereocenters. The lowest BCUT2D eigenvalue weighted by Crippen LogP contribution is -2.47. The van der Waals surface area contributed by atoms with Crippen molar-refractivity contribution >= 4 is 23.9 Å². The van der Waals surface area contributed by atoms with Crippen LogP contribution in [0.1, 0.15) is 6.92 Å². The number of carbonyl (C=O) groups is 1. The molecule has 0 spiro atoms. The average molecular weight is 201 g/mol. The zero-order chi connectivity index (χ0) is 9.90. The molecule has 0 aromatic carbocycles. The van der Waals surface area contributed by atoms with E-state index in [1.807, 2.05) is 6.92 Å². The van der Waals surface area contributed by atoms with Gasteiger partial charge in [0.2, 0.25) is 0 Å². The second-order valence-corrected chi connectivity index (χ2v) is 3.89. The minimum absolute atomic E-state index is 0.425. The van der Waals surface area contributed by atoms with Crippen LogP contribution in [0.15, 0.2) is 16.9 Å². The summed E-state index contributed by atoms with van der Waals surface area (Å²) in [6, 6.07) is 0. The van der Waals surface area contributed by atoms with Crippen molar-refractivity contribution in [3.63, 3.8) is 0 Å². The molecule has 4 N–H and O–H groups in total. The summed E-state index contributed by atoms with van der Waals surface area (Å²) in [5.74, 6) is -0.357. The van der Waals surface area contributed by atoms with Crippen LogP contribution in [-0.2, 0) is 4.79 Å². The van der Waals surface area contributed by atoms with Crippen LogP contribution in [0.3, 0.4) is 0 Å². The van der Waals surface area contributed by atoms with Crippen LogP contribution in [0, 0.1) is 0 Å². The molecule has 1 aliphatic heterocycles. The fourth-order valence-electron chi connectivity index (χ4n) is 0.888. The number of thioether (sulfide) groups is 1. The second kappa shape index (κ2) is 3.69. The standard InChI is InChI=1S/C7H11N3O2S/c1-2-13-7(6(11)12)9-3-5(8)4-10-7/h3-4,9H,2,8H2,1H3,(H,11,12). The van der Waals surface area contributed by atoms with E-state index in [0.717, 1.165) is 0 Å². The van der Waals surface area contributed by atoms with Gasteiger partial charge in [-0.05, 0) is 5.75 Å². The Morgan fingerprint density at radius 2 is 2.62 bits per heavy atom. The first-order valence-corrected chi connectivity index (χ1v) is 4.75. The third-order valence-corrected chi connectivity index (χ3v) is 2.58. The number of carboxylic acids is 1. The lowest BCUT2D eigenvalue weighted by atomic mass is 10.4. The maximum Gasteiger partial charge on any atom is 0.363 e. The number of hydrogen-bond acceptors (Lipinski definition) is 5. The molecule has 72 valence electrons. The minimum atomic E-state index is -1.29. The van der Waals surface area contributed by atoms with Gasteiger partial charge in [0.25, 0.3) is 4.99 Å². The topological polar surface area (TPSA) is 87.7 Å². The van der Waals surface area contributed by atoms with E-state index in [1.165, 1.54) is 24.2 Å². The van der Waals surface area contributed by atoms with Gasteiger partial charge in [0.1, 0.15) is 0 Å². The fraction of sp³-hybridized carbons (Fsp3) is 0.429. The van der Waals surface area contributed by atoms with E-state index in [0.29, 0.717) is 11.4 Å². The number of hydrogen-bond donors (Lipinski definition) is 3. The number of nitrogens with two attached hydrogens (primary N) is 1. The van der Waals surface area contributed by atoms with E-state index in [2.05, 4.69) is 10.3 Å². The van der Waals surface area contributed by atoms with Crippen LogP contribution in [0.4, 0.5) is 0 Å². The summed E-state index contributed by atoms with van der Waals surface area (Å²) in [6.45, 7) is 1.87. The Labute approximate surface area is 80.1 Å². The summed E-state index contributed by atoms with van der Waals surface area (Å²) in [5.41, 5.74) is 5.82. The van der Waals surface area contributed by atoms with Gasteiger partial charge in [-0.25, -0.2) is 9.79 Å². The summed E-state index contributed by atoms with van der Waals surface area (Å²) in [6.07, 6.45) is 2.80. The van der Waals surface area contributed by atoms with Gasteiger partial charge in [-0.15, -0.1) is 0 Å². The lowest BCUT2D eigenvalue weighted by Gasteiger charge is -2.26. The summed E-state index contributed by atoms with van der Waals surface area (Å²) in [4.78, 5) is 13.5. The molecule has 0 amide bonds. The molecule has 0 aliphatic carbocycles. The van der Waals surface area contributed by atoms with Crippen LogP contribution in [0.2, 0.25) is 0 Å². The van der Waals surface area contributed by atoms with Crippen LogP contribution < -0.4 is 11.1 Å². The van der Waals surface area contributed by atoms with Crippen molar-refractivity contribution in [1.29, 1.82) is 0 Å². The van der Waals surface area contributed by atoms with Gasteiger partial charge >= 0.3 is 5.97 Å². The molecule has 1 heterocycles. The summed E-state index contributed by atoms with van der Waals surface area (Å²) in [5, 5.41) is 11.6. The van der Waals surface area contributed by atoms with Gasteiger partial charge in [-0.1, -0.05) is 18.7 Å². The molecular weight excluding hydrogens is 190 g/mol. The zero-order valence-electron chi connectivity index (χ0n) is 7.15. The van der Waals surface area contributed by atoms with Crippen molar-refractivity contribution in [2.45, 2.75) is 11.9 Å². The number of nitrogens with one attached hydrogen (secondary N) is 1. The normalized spacial score (nSPS) is 26.4. The van der Waals surface area contributed by atoms with E-state index < -0.39 is 11.0 Å². The highest BCUT2D eigenvalue weighted by atomic mass is 32.2. The molecule has 1 rings (SSSR count). The van der Waals surface area contributed by atoms with Crippen LogP contribution in [0.5, 0.6) is 0 Å². The zero-order valence-corrected chi connectivity index (χ0v) is 7.97. The SMILES string of the molecule is CCSC1(C(=O)O)N=CC(N)=CN1. The van der Waals surface area contributed by atoms with E-state index in [-0.39, 0.29) is 0 Å². The smallest absolute Gasteiger partial charge is 0.363 e. The highest BCUT2D eigenvalue weighted by Crippen LogP contribution is 2.25. The summed E-state index contributed by atoms with van der Waals surface area (Å²) in [7, 11) is 0. The van der Waals surface area contributed by atoms with Gasteiger partial charge in [-0.3, -0.25) is 0 Å². The van der Waals surface area contributed by atoms with Gasteiger partial charge in [-0.2, -0.15) is 0 Å². The molecule has 1 unspecified atom stereocenters. The van der Waals surface area contributed by atoms with E-state index in [4.69, 9.17) is 10.8 Å². The number of rotatable bonds is 3. The Balaban J connectivity index is 2.84. The molecule has 0 aromatic rings. The largest absolute Gasteiger partial charge is 0.477 e. The van der Waals surface area contributed by atoms with Crippen molar-refractivity contribution in [3.05, 3.63) is 11.9 Å². The molecule has 0 radical (unpaired) electrons. The third kappa shape index (κ3) is 1.95. The molecule has 1 aliphatic rings. The molecule has 0 aromatic heterocycles. The first kappa shape index (κ1) is 9.91. The Morgan fingerprint density at radius 3 is 3.00 bits per heavy atom. The third-order valence-electron chi connectivity index (χ3n) is 1.47. The van der Waals surface area contributed by atoms with Crippen molar-refractivity contribution in [1.82, 2.24) is 5.32 Å². The molecule has 0 saturated carbocycles. The molecule has 13 heavy (non-hydrogen) atoms. The van der Waals surface area contributed by atoms with Gasteiger partial charge in [0.15, 0.2) is 0 Å². The predicted octanol–water partition coefficient (Wildman–Crippen LogP) is -0.0480. The Hall–Kier alpha value is -1.17. The maximum absolute atomic E-state index is 10.9. The van der Waals surface area contributed by atoms with Crippen molar-refractivity contribution in [2.24, 2.45) is 10.7 Å². The van der Waals surface area contributed by atoms with E-state index in [1.54, 1.807) is 0 Å². The maximum atomic E-state index is 10.9. The van der Waals surface area contributed by atoms with E-state index >= 15 is 0 Å². The first-order chi connectivity index (χ1) is 6.10. The highest BCUT2D eigenvalue weighted by molar-refractivity contribution is 8.01. The molecule has 5 nitrogen and oxygen atoms in total. The Morgan fingerprint density at radius 1 is 1.92 bits per heavy atom. The number of carboxylic acid groups (broad SMARTS) is 1. The Kier molecular flexibility index (Phi) is 2.82. The molecule has 6 heteroatoms. The Bertz CT molecular complexity index is 277. The number of aliphatic carboxylic acids is 1. The van der Waals surface area contributed by atoms with Crippen LogP contribution >= 0.6 is 11.8 Å². The lowest BCUT2D eigenvalue weighted by molar-refractivity contribution is -0.140. The summed E-state index contributed by atoms with van der Waals surface area (Å²) < 4.78 is 0. The van der Waals surface area contributed by atoms with Gasteiger partial charge in [0.05, 0.1) is 11.9 Å². The van der Waals surface area contributed by atoms with Crippen LogP contribution in [-0.4, -0.2) is 28.0 Å². The molecular formula is C7H11N3O2S. The molecule has 0 fully saturated rings. The molecule has 0 bridgehead atoms. The molecule has 0 saturated heterocycles. The number of aliphatic imine (C=N–C) groups is 1. The van der Waals surface area contributed by atoms with Crippen molar-refractivity contribution in [2.75, 3.05) is 5.75 Å². The van der Waals surface area contributed by atoms with Crippen molar-refractivity contribution in [3.8, 4) is 0 Å². The van der Waals surface area contributed by atoms with Crippen molar-refractivity contribution < 1.29 is 9.90 Å². The average Bonchev–Trinajstić information content (AvgIpc) is 2.09. The first-order valence-electron chi connectivity index (χ1n) is 3.76. The fourth-order valence-corrected chi connectivity index (χ4v) is 1.70. The van der Waals surface area contributed by atoms with Gasteiger partial charge < -0.3 is 16.2 Å². The van der Waals surface area contributed by atoms with Crippen LogP contribution in [0.25, 0.3) is 0 Å². The minimum Gasteiger partial charge on any atom is -0.477 e. The second-order valence-electron chi connectivity index (χ2n) is 2.43. The number of nitrogens with zero attached hydrogens (tertiary/aromatic N) is 1. The number of allylic oxidation sites excluding steroid dienone is 1. The quantitative estimate of drug-likeness (QED) is 0.596. The summed E-state index contributed by atoms with van der Waals surface area (Å²) >= 11 is 1.20. The highest BCUT2D eigenvalue weighted by Gasteiger charge is 2.38. The predicted molar refractivity (Wildman–Crippen MR) is 52.4 cm³/mol. The monoisotopic (exact) mass is 201 g/mol. The van der Waals surface area contributed by atoms with Gasteiger partial charge in [0, 0.05) is 6.20 Å².